The van der Waals surface area contributed by atoms with Gasteiger partial charge in [-0.2, -0.15) is 26.3 Å². The molecule has 4 unspecified atom stereocenters. The Morgan fingerprint density at radius 3 is 1.48 bits per heavy atom. The third-order valence-corrected chi connectivity index (χ3v) is 4.98. The van der Waals surface area contributed by atoms with Crippen molar-refractivity contribution in [3.05, 3.63) is 0 Å². The van der Waals surface area contributed by atoms with Crippen molar-refractivity contribution in [2.45, 2.75) is 50.6 Å². The van der Waals surface area contributed by atoms with Crippen LogP contribution in [0, 0.1) is 23.7 Å². The molecule has 0 amide bonds. The summed E-state index contributed by atoms with van der Waals surface area (Å²) in [6.45, 7) is 1.56. The predicted molar refractivity (Wildman–Crippen MR) is 79.6 cm³/mol. The van der Waals surface area contributed by atoms with Gasteiger partial charge in [0.2, 0.25) is 0 Å². The maximum absolute atomic E-state index is 13.7. The quantitative estimate of drug-likeness (QED) is 0.499. The summed E-state index contributed by atoms with van der Waals surface area (Å²) < 4.78 is 94.9. The van der Waals surface area contributed by atoms with E-state index in [0.717, 1.165) is 0 Å². The highest BCUT2D eigenvalue weighted by atomic mass is 19.4. The molecule has 2 rings (SSSR count). The molecule has 4 atom stereocenters. The second-order valence-electron chi connectivity index (χ2n) is 6.86. The van der Waals surface area contributed by atoms with E-state index in [0.29, 0.717) is 0 Å². The fraction of sp³-hybridized carbons (Fsp3) is 0.875. The SMILES string of the molecule is CCOC(=O)C1C(C2CC2)C(C(=O)OCC)C(O)(C(F)(F)F)OC1(O)C(F)(F)F. The molecule has 2 N–H and O–H groups in total. The molecule has 1 aliphatic heterocycles. The molecule has 7 nitrogen and oxygen atoms in total. The Morgan fingerprint density at radius 2 is 1.24 bits per heavy atom. The van der Waals surface area contributed by atoms with Gasteiger partial charge in [-0.1, -0.05) is 0 Å². The van der Waals surface area contributed by atoms with E-state index in [1.165, 1.54) is 13.8 Å². The Labute approximate surface area is 160 Å². The van der Waals surface area contributed by atoms with Crippen LogP contribution in [-0.4, -0.2) is 59.3 Å². The van der Waals surface area contributed by atoms with Gasteiger partial charge in [-0.15, -0.1) is 0 Å². The molecule has 2 aliphatic rings. The van der Waals surface area contributed by atoms with Crippen molar-refractivity contribution < 1.29 is 60.4 Å². The van der Waals surface area contributed by atoms with E-state index in [9.17, 15) is 46.1 Å². The average molecular weight is 438 g/mol. The van der Waals surface area contributed by atoms with E-state index in [2.05, 4.69) is 14.2 Å². The number of hydrogen-bond acceptors (Lipinski definition) is 7. The zero-order valence-corrected chi connectivity index (χ0v) is 15.3. The third kappa shape index (κ3) is 3.91. The summed E-state index contributed by atoms with van der Waals surface area (Å²) in [6.07, 6.45) is -11.7. The number of carbonyl (C=O) groups excluding carboxylic acids is 2. The summed E-state index contributed by atoms with van der Waals surface area (Å²) >= 11 is 0. The van der Waals surface area contributed by atoms with Crippen LogP contribution in [0.1, 0.15) is 26.7 Å². The first kappa shape index (κ1) is 23.7. The lowest BCUT2D eigenvalue weighted by molar-refractivity contribution is -0.512. The normalized spacial score (nSPS) is 35.9. The van der Waals surface area contributed by atoms with Crippen molar-refractivity contribution >= 4 is 11.9 Å². The summed E-state index contributed by atoms with van der Waals surface area (Å²) in [7, 11) is 0. The molecule has 0 bridgehead atoms. The Morgan fingerprint density at radius 1 is 0.897 bits per heavy atom. The molecule has 168 valence electrons. The van der Waals surface area contributed by atoms with Crippen molar-refractivity contribution in [2.75, 3.05) is 13.2 Å². The van der Waals surface area contributed by atoms with Crippen LogP contribution in [0.3, 0.4) is 0 Å². The van der Waals surface area contributed by atoms with E-state index in [1.807, 2.05) is 0 Å². The number of carbonyl (C=O) groups is 2. The number of alkyl halides is 6. The van der Waals surface area contributed by atoms with Gasteiger partial charge in [0, 0.05) is 0 Å². The molecule has 0 radical (unpaired) electrons. The van der Waals surface area contributed by atoms with Crippen molar-refractivity contribution in [2.24, 2.45) is 23.7 Å². The van der Waals surface area contributed by atoms with Gasteiger partial charge >= 0.3 is 24.3 Å². The Bertz CT molecular complexity index is 599. The number of rotatable bonds is 5. The standard InChI is InChI=1S/C16H20F6O7/c1-3-27-11(23)9-8(7-5-6-7)10(12(24)28-4-2)14(26,16(20,21)22)29-13(9,25)15(17,18)19/h7-10,25-26H,3-6H2,1-2H3. The van der Waals surface area contributed by atoms with Crippen LogP contribution in [0.15, 0.2) is 0 Å². The zero-order valence-electron chi connectivity index (χ0n) is 15.3. The monoisotopic (exact) mass is 438 g/mol. The predicted octanol–water partition coefficient (Wildman–Crippen LogP) is 1.90. The molecular weight excluding hydrogens is 418 g/mol. The fourth-order valence-electron chi connectivity index (χ4n) is 3.67. The lowest BCUT2D eigenvalue weighted by atomic mass is 9.67. The molecule has 0 aromatic heterocycles. The molecule has 13 heteroatoms. The smallest absolute Gasteiger partial charge is 0.444 e. The minimum absolute atomic E-state index is 0.0678. The van der Waals surface area contributed by atoms with Gasteiger partial charge in [-0.3, -0.25) is 9.59 Å². The highest BCUT2D eigenvalue weighted by Gasteiger charge is 2.81. The van der Waals surface area contributed by atoms with Gasteiger partial charge in [0.1, 0.15) is 11.8 Å². The molecule has 0 aromatic rings. The number of halogens is 6. The maximum Gasteiger partial charge on any atom is 0.444 e. The van der Waals surface area contributed by atoms with Gasteiger partial charge in [0.25, 0.3) is 11.6 Å². The highest BCUT2D eigenvalue weighted by molar-refractivity contribution is 5.79. The molecule has 0 aromatic carbocycles. The number of aliphatic hydroxyl groups is 2. The number of hydrogen-bond donors (Lipinski definition) is 2. The van der Waals surface area contributed by atoms with E-state index in [-0.39, 0.29) is 12.8 Å². The third-order valence-electron chi connectivity index (χ3n) is 4.98. The summed E-state index contributed by atoms with van der Waals surface area (Å²) in [5, 5.41) is 20.4. The molecule has 1 saturated heterocycles. The molecule has 29 heavy (non-hydrogen) atoms. The summed E-state index contributed by atoms with van der Waals surface area (Å²) in [5.74, 6) is -21.5. The summed E-state index contributed by atoms with van der Waals surface area (Å²) in [4.78, 5) is 24.6. The van der Waals surface area contributed by atoms with Crippen molar-refractivity contribution in [3.63, 3.8) is 0 Å². The first-order valence-corrected chi connectivity index (χ1v) is 8.77. The lowest BCUT2D eigenvalue weighted by Crippen LogP contribution is -2.74. The second-order valence-corrected chi connectivity index (χ2v) is 6.86. The molecule has 1 heterocycles. The van der Waals surface area contributed by atoms with Gasteiger partial charge in [-0.05, 0) is 38.5 Å². The maximum atomic E-state index is 13.7. The Kier molecular flexibility index (Phi) is 6.19. The van der Waals surface area contributed by atoms with Crippen molar-refractivity contribution in [1.82, 2.24) is 0 Å². The van der Waals surface area contributed by atoms with Crippen LogP contribution in [0.5, 0.6) is 0 Å². The first-order chi connectivity index (χ1) is 13.2. The van der Waals surface area contributed by atoms with Crippen LogP contribution in [0.4, 0.5) is 26.3 Å². The molecular formula is C16H20F6O7. The molecule has 1 aliphatic carbocycles. The van der Waals surface area contributed by atoms with Gasteiger partial charge in [0.15, 0.2) is 0 Å². The van der Waals surface area contributed by atoms with E-state index in [1.54, 1.807) is 0 Å². The Balaban J connectivity index is 2.75. The molecule has 2 fully saturated rings. The van der Waals surface area contributed by atoms with Crippen molar-refractivity contribution in [1.29, 1.82) is 0 Å². The average Bonchev–Trinajstić information content (AvgIpc) is 3.36. The first-order valence-electron chi connectivity index (χ1n) is 8.77. The van der Waals surface area contributed by atoms with Gasteiger partial charge in [0.05, 0.1) is 13.2 Å². The molecule has 1 saturated carbocycles. The highest BCUT2D eigenvalue weighted by Crippen LogP contribution is 2.61. The topological polar surface area (TPSA) is 102 Å². The fourth-order valence-corrected chi connectivity index (χ4v) is 3.67. The van der Waals surface area contributed by atoms with Crippen LogP contribution in [-0.2, 0) is 23.8 Å². The number of ether oxygens (including phenoxy) is 3. The minimum Gasteiger partial charge on any atom is -0.466 e. The van der Waals surface area contributed by atoms with Crippen LogP contribution >= 0.6 is 0 Å². The van der Waals surface area contributed by atoms with E-state index < -0.39 is 72.8 Å². The minimum atomic E-state index is -5.93. The Hall–Kier alpha value is -1.60. The summed E-state index contributed by atoms with van der Waals surface area (Å²) in [6, 6.07) is 0. The van der Waals surface area contributed by atoms with Crippen LogP contribution in [0.25, 0.3) is 0 Å². The second kappa shape index (κ2) is 7.58. The largest absolute Gasteiger partial charge is 0.466 e. The van der Waals surface area contributed by atoms with E-state index in [4.69, 9.17) is 0 Å². The molecule has 0 spiro atoms. The summed E-state index contributed by atoms with van der Waals surface area (Å²) in [5.41, 5.74) is 0. The number of esters is 2. The van der Waals surface area contributed by atoms with Crippen molar-refractivity contribution in [3.8, 4) is 0 Å². The van der Waals surface area contributed by atoms with Crippen LogP contribution < -0.4 is 0 Å². The van der Waals surface area contributed by atoms with Gasteiger partial charge < -0.3 is 24.4 Å². The lowest BCUT2D eigenvalue weighted by Gasteiger charge is -2.53. The van der Waals surface area contributed by atoms with E-state index >= 15 is 0 Å². The van der Waals surface area contributed by atoms with Crippen LogP contribution in [0.2, 0.25) is 0 Å². The zero-order chi connectivity index (χ0) is 22.4. The van der Waals surface area contributed by atoms with Gasteiger partial charge in [-0.25, -0.2) is 0 Å².